The van der Waals surface area contributed by atoms with Gasteiger partial charge >= 0.3 is 6.03 Å². The lowest BCUT2D eigenvalue weighted by molar-refractivity contribution is -0.0155. The van der Waals surface area contributed by atoms with Crippen LogP contribution in [0.2, 0.25) is 0 Å². The van der Waals surface area contributed by atoms with Crippen molar-refractivity contribution in [1.82, 2.24) is 20.4 Å². The molecule has 6 heteroatoms. The van der Waals surface area contributed by atoms with Crippen molar-refractivity contribution < 1.29 is 9.53 Å². The van der Waals surface area contributed by atoms with Crippen molar-refractivity contribution in [2.45, 2.75) is 64.2 Å². The normalized spacial score (nSPS) is 20.5. The summed E-state index contributed by atoms with van der Waals surface area (Å²) in [6.45, 7) is 4.73. The number of carbonyl (C=O) groups excluding carboxylic acids is 1. The molecule has 1 saturated carbocycles. The Hall–Kier alpha value is -2.08. The Labute approximate surface area is 155 Å². The summed E-state index contributed by atoms with van der Waals surface area (Å²) < 4.78 is 7.75. The molecule has 0 saturated heterocycles. The van der Waals surface area contributed by atoms with Crippen LogP contribution in [0, 0.1) is 0 Å². The highest BCUT2D eigenvalue weighted by atomic mass is 16.5. The Morgan fingerprint density at radius 1 is 1.27 bits per heavy atom. The number of fused-ring (bicyclic) bond motifs is 1. The van der Waals surface area contributed by atoms with E-state index in [1.54, 1.807) is 0 Å². The second kappa shape index (κ2) is 8.54. The average molecular weight is 358 g/mol. The molecule has 1 aromatic heterocycles. The van der Waals surface area contributed by atoms with Crippen molar-refractivity contribution in [3.8, 4) is 0 Å². The van der Waals surface area contributed by atoms with Crippen LogP contribution < -0.4 is 10.6 Å². The molecule has 1 heterocycles. The largest absolute Gasteiger partial charge is 0.376 e. The fourth-order valence-corrected chi connectivity index (χ4v) is 3.73. The molecule has 2 N–H and O–H groups in total. The first-order valence-corrected chi connectivity index (χ1v) is 9.63. The molecule has 0 unspecified atom stereocenters. The second-order valence-corrected chi connectivity index (χ2v) is 7.40. The molecule has 0 radical (unpaired) electrons. The van der Waals surface area contributed by atoms with E-state index in [0.29, 0.717) is 12.6 Å². The molecule has 0 spiro atoms. The summed E-state index contributed by atoms with van der Waals surface area (Å²) in [6.07, 6.45) is 5.34. The van der Waals surface area contributed by atoms with E-state index in [4.69, 9.17) is 4.74 Å². The number of nitrogens with one attached hydrogen (secondary N) is 2. The number of hydrogen-bond donors (Lipinski definition) is 2. The summed E-state index contributed by atoms with van der Waals surface area (Å²) >= 11 is 0. The Balaban J connectivity index is 1.41. The monoisotopic (exact) mass is 358 g/mol. The number of hydrogen-bond acceptors (Lipinski definition) is 3. The smallest absolute Gasteiger partial charge is 0.315 e. The topological polar surface area (TPSA) is 68.2 Å². The fourth-order valence-electron chi connectivity index (χ4n) is 3.73. The molecule has 3 rings (SSSR count). The van der Waals surface area contributed by atoms with Gasteiger partial charge in [-0.25, -0.2) is 4.79 Å². The minimum Gasteiger partial charge on any atom is -0.376 e. The van der Waals surface area contributed by atoms with Gasteiger partial charge in [0.25, 0.3) is 0 Å². The SMILES string of the molecule is CC(C)OC1CCC(NC(=O)NCCc2nn(C)c3ccccc23)CC1. The number of ether oxygens (including phenoxy) is 1. The van der Waals surface area contributed by atoms with Crippen LogP contribution in [0.4, 0.5) is 4.79 Å². The van der Waals surface area contributed by atoms with Gasteiger partial charge in [0.15, 0.2) is 0 Å². The number of aryl methyl sites for hydroxylation is 1. The maximum absolute atomic E-state index is 12.2. The van der Waals surface area contributed by atoms with Gasteiger partial charge in [-0.2, -0.15) is 5.10 Å². The van der Waals surface area contributed by atoms with Crippen LogP contribution in [0.3, 0.4) is 0 Å². The molecule has 1 aliphatic carbocycles. The fraction of sp³-hybridized carbons (Fsp3) is 0.600. The summed E-state index contributed by atoms with van der Waals surface area (Å²) in [6, 6.07) is 8.34. The molecule has 1 aliphatic rings. The van der Waals surface area contributed by atoms with E-state index in [1.807, 2.05) is 23.9 Å². The number of urea groups is 1. The molecule has 6 nitrogen and oxygen atoms in total. The van der Waals surface area contributed by atoms with Crippen molar-refractivity contribution in [3.63, 3.8) is 0 Å². The van der Waals surface area contributed by atoms with E-state index in [2.05, 4.69) is 41.7 Å². The van der Waals surface area contributed by atoms with Crippen LogP contribution in [-0.2, 0) is 18.2 Å². The molecule has 2 aromatic rings. The van der Waals surface area contributed by atoms with Crippen LogP contribution >= 0.6 is 0 Å². The highest BCUT2D eigenvalue weighted by molar-refractivity contribution is 5.82. The number of amides is 2. The van der Waals surface area contributed by atoms with Crippen LogP contribution in [0.25, 0.3) is 10.9 Å². The van der Waals surface area contributed by atoms with Crippen molar-refractivity contribution in [1.29, 1.82) is 0 Å². The maximum atomic E-state index is 12.2. The van der Waals surface area contributed by atoms with E-state index in [-0.39, 0.29) is 18.2 Å². The van der Waals surface area contributed by atoms with Crippen LogP contribution in [0.1, 0.15) is 45.2 Å². The standard InChI is InChI=1S/C20H30N4O2/c1-14(2)26-16-10-8-15(9-11-16)22-20(25)21-13-12-18-17-6-4-5-7-19(17)24(3)23-18/h4-7,14-16H,8-13H2,1-3H3,(H2,21,22,25). The van der Waals surface area contributed by atoms with Gasteiger partial charge in [-0.1, -0.05) is 18.2 Å². The number of benzene rings is 1. The first-order valence-electron chi connectivity index (χ1n) is 9.63. The van der Waals surface area contributed by atoms with Gasteiger partial charge in [-0.05, 0) is 45.6 Å². The first-order chi connectivity index (χ1) is 12.5. The van der Waals surface area contributed by atoms with E-state index >= 15 is 0 Å². The van der Waals surface area contributed by atoms with Gasteiger partial charge in [-0.15, -0.1) is 0 Å². The molecule has 1 aromatic carbocycles. The molecule has 0 atom stereocenters. The van der Waals surface area contributed by atoms with E-state index < -0.39 is 0 Å². The number of aromatic nitrogens is 2. The highest BCUT2D eigenvalue weighted by Gasteiger charge is 2.23. The summed E-state index contributed by atoms with van der Waals surface area (Å²) in [7, 11) is 1.95. The van der Waals surface area contributed by atoms with Gasteiger partial charge in [0.1, 0.15) is 0 Å². The molecule has 2 amide bonds. The predicted octanol–water partition coefficient (Wildman–Crippen LogP) is 3.15. The lowest BCUT2D eigenvalue weighted by Gasteiger charge is -2.30. The molecule has 26 heavy (non-hydrogen) atoms. The van der Waals surface area contributed by atoms with Gasteiger partial charge in [-0.3, -0.25) is 4.68 Å². The van der Waals surface area contributed by atoms with Crippen LogP contribution in [0.15, 0.2) is 24.3 Å². The highest BCUT2D eigenvalue weighted by Crippen LogP contribution is 2.22. The third-order valence-electron chi connectivity index (χ3n) is 4.96. The summed E-state index contributed by atoms with van der Waals surface area (Å²) in [5.41, 5.74) is 2.14. The number of carbonyl (C=O) groups is 1. The zero-order chi connectivity index (χ0) is 18.5. The third kappa shape index (κ3) is 4.75. The van der Waals surface area contributed by atoms with Gasteiger partial charge < -0.3 is 15.4 Å². The number of rotatable bonds is 6. The zero-order valence-electron chi connectivity index (χ0n) is 16.0. The van der Waals surface area contributed by atoms with E-state index in [9.17, 15) is 4.79 Å². The van der Waals surface area contributed by atoms with Crippen LogP contribution in [0.5, 0.6) is 0 Å². The third-order valence-corrected chi connectivity index (χ3v) is 4.96. The number of nitrogens with zero attached hydrogens (tertiary/aromatic N) is 2. The summed E-state index contributed by atoms with van der Waals surface area (Å²) in [5.74, 6) is 0. The van der Waals surface area contributed by atoms with Crippen LogP contribution in [-0.4, -0.2) is 40.6 Å². The van der Waals surface area contributed by atoms with Gasteiger partial charge in [0.05, 0.1) is 23.4 Å². The predicted molar refractivity (Wildman–Crippen MR) is 103 cm³/mol. The minimum absolute atomic E-state index is 0.0848. The first kappa shape index (κ1) is 18.7. The lowest BCUT2D eigenvalue weighted by Crippen LogP contribution is -2.45. The Kier molecular flexibility index (Phi) is 6.14. The molecule has 0 aliphatic heterocycles. The van der Waals surface area contributed by atoms with Gasteiger partial charge in [0, 0.05) is 31.4 Å². The average Bonchev–Trinajstić information content (AvgIpc) is 2.93. The quantitative estimate of drug-likeness (QED) is 0.833. The Morgan fingerprint density at radius 2 is 2.00 bits per heavy atom. The Morgan fingerprint density at radius 3 is 2.73 bits per heavy atom. The minimum atomic E-state index is -0.0848. The molecule has 142 valence electrons. The van der Waals surface area contributed by atoms with Crippen molar-refractivity contribution in [2.24, 2.45) is 7.05 Å². The van der Waals surface area contributed by atoms with Gasteiger partial charge in [0.2, 0.25) is 0 Å². The molecular weight excluding hydrogens is 328 g/mol. The number of para-hydroxylation sites is 1. The lowest BCUT2D eigenvalue weighted by atomic mass is 9.93. The summed E-state index contributed by atoms with van der Waals surface area (Å²) in [5, 5.41) is 11.8. The van der Waals surface area contributed by atoms with Crippen molar-refractivity contribution >= 4 is 16.9 Å². The summed E-state index contributed by atoms with van der Waals surface area (Å²) in [4.78, 5) is 12.2. The Bertz CT molecular complexity index is 732. The molecular formula is C20H30N4O2. The van der Waals surface area contributed by atoms with Crippen molar-refractivity contribution in [3.05, 3.63) is 30.0 Å². The van der Waals surface area contributed by atoms with Crippen molar-refractivity contribution in [2.75, 3.05) is 6.54 Å². The second-order valence-electron chi connectivity index (χ2n) is 7.40. The maximum Gasteiger partial charge on any atom is 0.315 e. The molecule has 1 fully saturated rings. The van der Waals surface area contributed by atoms with E-state index in [1.165, 1.54) is 0 Å². The molecule has 0 bridgehead atoms. The van der Waals surface area contributed by atoms with E-state index in [0.717, 1.165) is 48.7 Å². The zero-order valence-corrected chi connectivity index (χ0v) is 16.0.